The molecule has 0 aromatic rings. The van der Waals surface area contributed by atoms with Crippen LogP contribution in [0.5, 0.6) is 0 Å². The van der Waals surface area contributed by atoms with Crippen LogP contribution in [0.3, 0.4) is 0 Å². The summed E-state index contributed by atoms with van der Waals surface area (Å²) in [5.41, 5.74) is 0. The number of rotatable bonds is 48. The molecule has 3 atom stereocenters. The van der Waals surface area contributed by atoms with Crippen LogP contribution in [-0.2, 0) is 14.3 Å². The topological polar surface area (TPSA) is 95.9 Å². The molecule has 0 aliphatic heterocycles. The lowest BCUT2D eigenvalue weighted by molar-refractivity contribution is -0.151. The van der Waals surface area contributed by atoms with Gasteiger partial charge in [-0.1, -0.05) is 241 Å². The van der Waals surface area contributed by atoms with Crippen molar-refractivity contribution in [3.8, 4) is 0 Å². The van der Waals surface area contributed by atoms with E-state index in [9.17, 15) is 19.8 Å². The minimum absolute atomic E-state index is 0.0380. The van der Waals surface area contributed by atoms with E-state index in [2.05, 4.69) is 111 Å². The first-order valence-corrected chi connectivity index (χ1v) is 27.4. The molecular weight excluding hydrogens is 803 g/mol. The fraction of sp³-hybridized carbons (Fsp3) is 0.729. The van der Waals surface area contributed by atoms with E-state index in [-0.39, 0.29) is 24.9 Å². The van der Waals surface area contributed by atoms with Gasteiger partial charge in [0, 0.05) is 6.42 Å². The van der Waals surface area contributed by atoms with Gasteiger partial charge < -0.3 is 20.3 Å². The van der Waals surface area contributed by atoms with Crippen LogP contribution < -0.4 is 5.32 Å². The summed E-state index contributed by atoms with van der Waals surface area (Å²) >= 11 is 0. The molecule has 0 rings (SSSR count). The summed E-state index contributed by atoms with van der Waals surface area (Å²) < 4.78 is 5.91. The van der Waals surface area contributed by atoms with E-state index in [4.69, 9.17) is 4.74 Å². The Morgan fingerprint density at radius 1 is 0.477 bits per heavy atom. The number of hydrogen-bond donors (Lipinski definition) is 3. The Bertz CT molecular complexity index is 1250. The van der Waals surface area contributed by atoms with Crippen LogP contribution in [0, 0.1) is 0 Å². The molecule has 0 saturated carbocycles. The van der Waals surface area contributed by atoms with Crippen molar-refractivity contribution in [3.63, 3.8) is 0 Å². The van der Waals surface area contributed by atoms with Crippen molar-refractivity contribution in [2.45, 2.75) is 270 Å². The molecular formula is C59H103NO5. The van der Waals surface area contributed by atoms with Crippen LogP contribution >= 0.6 is 0 Å². The minimum Gasteiger partial charge on any atom is -0.462 e. The van der Waals surface area contributed by atoms with Crippen molar-refractivity contribution < 1.29 is 24.5 Å². The molecule has 6 nitrogen and oxygen atoms in total. The first-order chi connectivity index (χ1) is 32.0. The molecule has 1 amide bonds. The minimum atomic E-state index is -0.807. The normalized spacial score (nSPS) is 13.9. The molecule has 65 heavy (non-hydrogen) atoms. The van der Waals surface area contributed by atoms with E-state index in [0.717, 1.165) is 103 Å². The molecule has 374 valence electrons. The zero-order valence-electron chi connectivity index (χ0n) is 42.6. The second kappa shape index (κ2) is 52.0. The summed E-state index contributed by atoms with van der Waals surface area (Å²) in [6.45, 7) is 6.32. The van der Waals surface area contributed by atoms with Gasteiger partial charge in [-0.2, -0.15) is 0 Å². The number of hydrogen-bond acceptors (Lipinski definition) is 5. The van der Waals surface area contributed by atoms with Crippen molar-refractivity contribution >= 4 is 11.9 Å². The average molecular weight is 906 g/mol. The van der Waals surface area contributed by atoms with Crippen molar-refractivity contribution in [1.29, 1.82) is 0 Å². The molecule has 0 saturated heterocycles. The molecule has 0 heterocycles. The van der Waals surface area contributed by atoms with E-state index < -0.39 is 18.2 Å². The number of unbranched alkanes of at least 4 members (excludes halogenated alkanes) is 25. The predicted molar refractivity (Wildman–Crippen MR) is 282 cm³/mol. The monoisotopic (exact) mass is 906 g/mol. The van der Waals surface area contributed by atoms with Crippen LogP contribution in [0.1, 0.15) is 252 Å². The van der Waals surface area contributed by atoms with Gasteiger partial charge in [-0.25, -0.2) is 0 Å². The van der Waals surface area contributed by atoms with Gasteiger partial charge >= 0.3 is 5.97 Å². The highest BCUT2D eigenvalue weighted by atomic mass is 16.5. The number of ether oxygens (including phenoxy) is 1. The number of carbonyl (C=O) groups excluding carboxylic acids is 2. The zero-order chi connectivity index (χ0) is 47.4. The molecule has 6 heteroatoms. The number of allylic oxidation sites excluding steroid dienone is 14. The summed E-state index contributed by atoms with van der Waals surface area (Å²) in [5.74, 6) is -0.541. The van der Waals surface area contributed by atoms with Gasteiger partial charge in [0.15, 0.2) is 0 Å². The third-order valence-corrected chi connectivity index (χ3v) is 12.1. The number of aliphatic hydroxyl groups excluding tert-OH is 2. The fourth-order valence-electron chi connectivity index (χ4n) is 7.93. The maximum absolute atomic E-state index is 13.2. The average Bonchev–Trinajstić information content (AvgIpc) is 3.30. The lowest BCUT2D eigenvalue weighted by Gasteiger charge is -2.24. The van der Waals surface area contributed by atoms with E-state index >= 15 is 0 Å². The van der Waals surface area contributed by atoms with Crippen LogP contribution in [0.4, 0.5) is 0 Å². The summed E-state index contributed by atoms with van der Waals surface area (Å²) in [6.07, 6.45) is 67.9. The Morgan fingerprint density at radius 3 is 1.45 bits per heavy atom. The number of aliphatic hydroxyl groups is 2. The smallest absolute Gasteiger partial charge is 0.306 e. The highest BCUT2D eigenvalue weighted by Gasteiger charge is 2.24. The Kier molecular flexibility index (Phi) is 49.6. The van der Waals surface area contributed by atoms with Gasteiger partial charge in [-0.3, -0.25) is 9.59 Å². The lowest BCUT2D eigenvalue weighted by Crippen LogP contribution is -2.46. The molecule has 3 N–H and O–H groups in total. The first-order valence-electron chi connectivity index (χ1n) is 27.4. The van der Waals surface area contributed by atoms with E-state index in [0.29, 0.717) is 19.3 Å². The molecule has 0 spiro atoms. The van der Waals surface area contributed by atoms with E-state index in [1.165, 1.54) is 103 Å². The van der Waals surface area contributed by atoms with Crippen LogP contribution in [0.15, 0.2) is 85.1 Å². The largest absolute Gasteiger partial charge is 0.462 e. The van der Waals surface area contributed by atoms with Crippen LogP contribution in [0.25, 0.3) is 0 Å². The summed E-state index contributed by atoms with van der Waals surface area (Å²) in [5, 5.41) is 23.8. The SMILES string of the molecule is CC/C=C/C/C=C/C/C=C/CCCCC(CC(=O)NC(CO)C(O)CCCCCCCCCCCCCCCCCC)OC(=O)CCCCCCC/C=C/C=C/C=C/C=C/CCCCC. The molecule has 0 bridgehead atoms. The van der Waals surface area contributed by atoms with Crippen molar-refractivity contribution in [1.82, 2.24) is 5.32 Å². The highest BCUT2D eigenvalue weighted by molar-refractivity contribution is 5.77. The lowest BCUT2D eigenvalue weighted by atomic mass is 10.0. The summed E-state index contributed by atoms with van der Waals surface area (Å²) in [7, 11) is 0. The van der Waals surface area contributed by atoms with Gasteiger partial charge in [0.25, 0.3) is 0 Å². The highest BCUT2D eigenvalue weighted by Crippen LogP contribution is 2.17. The Hall–Kier alpha value is -2.96. The number of carbonyl (C=O) groups is 2. The Labute approximate surface area is 402 Å². The molecule has 0 aromatic carbocycles. The Balaban J connectivity index is 4.61. The van der Waals surface area contributed by atoms with Crippen LogP contribution in [0.2, 0.25) is 0 Å². The molecule has 0 radical (unpaired) electrons. The second-order valence-electron chi connectivity index (χ2n) is 18.3. The molecule has 0 fully saturated rings. The molecule has 0 aromatic heterocycles. The van der Waals surface area contributed by atoms with Gasteiger partial charge in [0.05, 0.1) is 25.2 Å². The second-order valence-corrected chi connectivity index (χ2v) is 18.3. The van der Waals surface area contributed by atoms with Crippen molar-refractivity contribution in [2.24, 2.45) is 0 Å². The first kappa shape index (κ1) is 62.0. The van der Waals surface area contributed by atoms with Gasteiger partial charge in [0.1, 0.15) is 6.10 Å². The zero-order valence-corrected chi connectivity index (χ0v) is 42.6. The fourth-order valence-corrected chi connectivity index (χ4v) is 7.93. The van der Waals surface area contributed by atoms with Crippen LogP contribution in [-0.4, -0.2) is 46.9 Å². The van der Waals surface area contributed by atoms with E-state index in [1.54, 1.807) is 0 Å². The third kappa shape index (κ3) is 47.3. The maximum Gasteiger partial charge on any atom is 0.306 e. The van der Waals surface area contributed by atoms with Crippen molar-refractivity contribution in [3.05, 3.63) is 85.1 Å². The number of amides is 1. The van der Waals surface area contributed by atoms with Crippen molar-refractivity contribution in [2.75, 3.05) is 6.61 Å². The third-order valence-electron chi connectivity index (χ3n) is 12.1. The molecule has 0 aliphatic rings. The maximum atomic E-state index is 13.2. The summed E-state index contributed by atoms with van der Waals surface area (Å²) in [4.78, 5) is 26.2. The molecule has 0 aliphatic carbocycles. The summed E-state index contributed by atoms with van der Waals surface area (Å²) in [6, 6.07) is -0.724. The van der Waals surface area contributed by atoms with E-state index in [1.807, 2.05) is 0 Å². The quantitative estimate of drug-likeness (QED) is 0.0245. The Morgan fingerprint density at radius 2 is 0.892 bits per heavy atom. The molecule has 3 unspecified atom stereocenters. The predicted octanol–water partition coefficient (Wildman–Crippen LogP) is 16.7. The van der Waals surface area contributed by atoms with Gasteiger partial charge in [-0.15, -0.1) is 0 Å². The standard InChI is InChI=1S/C59H103NO5/c1-4-7-10-13-16-19-22-25-27-29-30-32-34-37-40-43-46-49-52-59(64)65-55(50-47-44-41-38-35-24-21-18-15-12-9-6-3)53-58(63)60-56(54-61)57(62)51-48-45-42-39-36-33-31-28-26-23-20-17-14-11-8-5-2/h9,12,16,18-19,21-22,25,27,29-30,32,35,38,55-57,61-62H,4-8,10-11,13-15,17,20,23-24,26,28,31,33-34,36-37,39-54H2,1-3H3,(H,60,63)/b12-9+,19-16+,21-18+,25-22+,29-27+,32-30+,38-35+. The van der Waals surface area contributed by atoms with Gasteiger partial charge in [-0.05, 0) is 83.5 Å². The number of esters is 1. The number of nitrogens with one attached hydrogen (secondary N) is 1. The van der Waals surface area contributed by atoms with Gasteiger partial charge in [0.2, 0.25) is 5.91 Å².